The number of ether oxygens (including phenoxy) is 1. The van der Waals surface area contributed by atoms with Gasteiger partial charge in [0.25, 0.3) is 0 Å². The highest BCUT2D eigenvalue weighted by Gasteiger charge is 2.28. The van der Waals surface area contributed by atoms with E-state index in [1.165, 1.54) is 0 Å². The second kappa shape index (κ2) is 8.31. The van der Waals surface area contributed by atoms with Gasteiger partial charge in [-0.1, -0.05) is 18.2 Å². The molecule has 1 aromatic rings. The Morgan fingerprint density at radius 1 is 1.30 bits per heavy atom. The molecule has 1 amide bonds. The maximum absolute atomic E-state index is 12.3. The van der Waals surface area contributed by atoms with Crippen molar-refractivity contribution >= 4 is 11.6 Å². The number of anilines is 1. The summed E-state index contributed by atoms with van der Waals surface area (Å²) >= 11 is 0. The number of rotatable bonds is 6. The van der Waals surface area contributed by atoms with Crippen LogP contribution in [0.5, 0.6) is 0 Å². The van der Waals surface area contributed by atoms with Gasteiger partial charge in [-0.05, 0) is 31.5 Å². The van der Waals surface area contributed by atoms with Crippen LogP contribution < -0.4 is 5.32 Å². The Morgan fingerprint density at radius 2 is 2.04 bits per heavy atom. The van der Waals surface area contributed by atoms with Crippen molar-refractivity contribution in [3.63, 3.8) is 0 Å². The summed E-state index contributed by atoms with van der Waals surface area (Å²) in [5, 5.41) is 2.87. The normalized spacial score (nSPS) is 19.5. The number of nitrogens with zero attached hydrogens (tertiary/aromatic N) is 1. The summed E-state index contributed by atoms with van der Waals surface area (Å²) in [6, 6.07) is 9.22. The zero-order valence-corrected chi connectivity index (χ0v) is 12.8. The molecule has 0 spiro atoms. The van der Waals surface area contributed by atoms with Gasteiger partial charge in [-0.3, -0.25) is 4.79 Å². The minimum atomic E-state index is -4.29. The molecular weight excluding hydrogens is 309 g/mol. The van der Waals surface area contributed by atoms with Crippen molar-refractivity contribution in [1.82, 2.24) is 4.90 Å². The van der Waals surface area contributed by atoms with Crippen LogP contribution >= 0.6 is 0 Å². The molecule has 1 aliphatic heterocycles. The fourth-order valence-corrected chi connectivity index (χ4v) is 2.62. The minimum Gasteiger partial charge on any atom is -0.371 e. The number of benzene rings is 1. The number of carbonyl (C=O) groups excluding carboxylic acids is 1. The summed E-state index contributed by atoms with van der Waals surface area (Å²) in [6.45, 7) is 0.537. The number of amides is 1. The maximum atomic E-state index is 12.3. The van der Waals surface area contributed by atoms with E-state index >= 15 is 0 Å². The van der Waals surface area contributed by atoms with E-state index < -0.39 is 12.8 Å². The molecule has 0 bridgehead atoms. The molecule has 1 fully saturated rings. The van der Waals surface area contributed by atoms with Crippen molar-refractivity contribution in [3.05, 3.63) is 30.3 Å². The van der Waals surface area contributed by atoms with Crippen LogP contribution in [0.15, 0.2) is 30.3 Å². The highest BCUT2D eigenvalue weighted by atomic mass is 19.4. The first kappa shape index (κ1) is 17.7. The van der Waals surface area contributed by atoms with E-state index in [4.69, 9.17) is 0 Å². The van der Waals surface area contributed by atoms with Crippen molar-refractivity contribution in [3.8, 4) is 0 Å². The minimum absolute atomic E-state index is 0.0204. The molecule has 23 heavy (non-hydrogen) atoms. The van der Waals surface area contributed by atoms with Gasteiger partial charge in [-0.2, -0.15) is 13.2 Å². The van der Waals surface area contributed by atoms with Crippen LogP contribution in [-0.4, -0.2) is 49.8 Å². The number of hydrogen-bond acceptors (Lipinski definition) is 3. The van der Waals surface area contributed by atoms with E-state index in [2.05, 4.69) is 10.1 Å². The summed E-state index contributed by atoms with van der Waals surface area (Å²) in [5.74, 6) is -0.191. The smallest absolute Gasteiger partial charge is 0.371 e. The topological polar surface area (TPSA) is 41.6 Å². The van der Waals surface area contributed by atoms with Crippen LogP contribution in [0.25, 0.3) is 0 Å². The first-order chi connectivity index (χ1) is 10.9. The number of alkyl halides is 3. The number of para-hydroxylation sites is 1. The van der Waals surface area contributed by atoms with Crippen LogP contribution in [-0.2, 0) is 9.53 Å². The van der Waals surface area contributed by atoms with Gasteiger partial charge in [0.1, 0.15) is 6.61 Å². The quantitative estimate of drug-likeness (QED) is 0.816. The molecule has 1 saturated heterocycles. The number of halogens is 3. The van der Waals surface area contributed by atoms with Gasteiger partial charge >= 0.3 is 6.18 Å². The molecule has 0 unspecified atom stereocenters. The van der Waals surface area contributed by atoms with Gasteiger partial charge in [0, 0.05) is 18.8 Å². The van der Waals surface area contributed by atoms with E-state index in [0.717, 1.165) is 25.1 Å². The Hall–Kier alpha value is -1.60. The van der Waals surface area contributed by atoms with Crippen molar-refractivity contribution in [2.45, 2.75) is 19.0 Å². The number of hydrogen-bond donors (Lipinski definition) is 1. The molecule has 0 aliphatic carbocycles. The lowest BCUT2D eigenvalue weighted by Gasteiger charge is -2.31. The fraction of sp³-hybridized carbons (Fsp3) is 0.562. The standard InChI is InChI=1S/C16H21F3N2O2/c17-16(18,19)12-23-10-9-21-8-4-5-13(11-21)15(22)20-14-6-2-1-3-7-14/h1-3,6-7,13H,4-5,8-12H2,(H,20,22)/t13-/m1/s1. The third kappa shape index (κ3) is 6.58. The molecule has 4 nitrogen and oxygen atoms in total. The second-order valence-electron chi connectivity index (χ2n) is 5.66. The molecule has 128 valence electrons. The van der Waals surface area contributed by atoms with Crippen LogP contribution in [0.4, 0.5) is 18.9 Å². The summed E-state index contributed by atoms with van der Waals surface area (Å²) in [4.78, 5) is 14.2. The lowest BCUT2D eigenvalue weighted by molar-refractivity contribution is -0.174. The Kier molecular flexibility index (Phi) is 6.41. The zero-order valence-electron chi connectivity index (χ0n) is 12.8. The highest BCUT2D eigenvalue weighted by molar-refractivity contribution is 5.92. The fourth-order valence-electron chi connectivity index (χ4n) is 2.62. The van der Waals surface area contributed by atoms with Crippen LogP contribution in [0.3, 0.4) is 0 Å². The molecule has 0 radical (unpaired) electrons. The molecule has 1 heterocycles. The summed E-state index contributed by atoms with van der Waals surface area (Å²) in [6.07, 6.45) is -2.65. The first-order valence-corrected chi connectivity index (χ1v) is 7.67. The second-order valence-corrected chi connectivity index (χ2v) is 5.66. The molecule has 0 saturated carbocycles. The average Bonchev–Trinajstić information content (AvgIpc) is 2.52. The molecular formula is C16H21F3N2O2. The van der Waals surface area contributed by atoms with Crippen LogP contribution in [0, 0.1) is 5.92 Å². The lowest BCUT2D eigenvalue weighted by Crippen LogP contribution is -2.42. The highest BCUT2D eigenvalue weighted by Crippen LogP contribution is 2.19. The largest absolute Gasteiger partial charge is 0.411 e. The molecule has 7 heteroatoms. The Bertz CT molecular complexity index is 494. The summed E-state index contributed by atoms with van der Waals surface area (Å²) < 4.78 is 40.6. The predicted molar refractivity (Wildman–Crippen MR) is 81.1 cm³/mol. The third-order valence-electron chi connectivity index (χ3n) is 3.74. The van der Waals surface area contributed by atoms with E-state index in [1.54, 1.807) is 0 Å². The van der Waals surface area contributed by atoms with Crippen LogP contribution in [0.2, 0.25) is 0 Å². The van der Waals surface area contributed by atoms with E-state index in [9.17, 15) is 18.0 Å². The molecule has 1 aromatic carbocycles. The van der Waals surface area contributed by atoms with Crippen molar-refractivity contribution in [1.29, 1.82) is 0 Å². The Labute approximate surface area is 133 Å². The maximum Gasteiger partial charge on any atom is 0.411 e. The van der Waals surface area contributed by atoms with Gasteiger partial charge in [-0.15, -0.1) is 0 Å². The van der Waals surface area contributed by atoms with Crippen molar-refractivity contribution < 1.29 is 22.7 Å². The monoisotopic (exact) mass is 330 g/mol. The van der Waals surface area contributed by atoms with Gasteiger partial charge in [0.15, 0.2) is 0 Å². The van der Waals surface area contributed by atoms with Crippen molar-refractivity contribution in [2.75, 3.05) is 38.2 Å². The Morgan fingerprint density at radius 3 is 2.74 bits per heavy atom. The number of nitrogens with one attached hydrogen (secondary N) is 1. The van der Waals surface area contributed by atoms with Gasteiger partial charge < -0.3 is 15.0 Å². The summed E-state index contributed by atoms with van der Waals surface area (Å²) in [7, 11) is 0. The summed E-state index contributed by atoms with van der Waals surface area (Å²) in [5.41, 5.74) is 0.753. The van der Waals surface area contributed by atoms with Gasteiger partial charge in [0.05, 0.1) is 12.5 Å². The van der Waals surface area contributed by atoms with E-state index in [-0.39, 0.29) is 18.4 Å². The third-order valence-corrected chi connectivity index (χ3v) is 3.74. The Balaban J connectivity index is 1.73. The molecule has 1 aliphatic rings. The predicted octanol–water partition coefficient (Wildman–Crippen LogP) is 2.92. The molecule has 2 rings (SSSR count). The number of likely N-dealkylation sites (tertiary alicyclic amines) is 1. The van der Waals surface area contributed by atoms with Gasteiger partial charge in [0.2, 0.25) is 5.91 Å². The SMILES string of the molecule is O=C(Nc1ccccc1)[C@@H]1CCCN(CCOCC(F)(F)F)C1. The number of piperidine rings is 1. The molecule has 1 atom stereocenters. The van der Waals surface area contributed by atoms with Crippen LogP contribution in [0.1, 0.15) is 12.8 Å². The zero-order chi connectivity index (χ0) is 16.7. The average molecular weight is 330 g/mol. The molecule has 0 aromatic heterocycles. The van der Waals surface area contributed by atoms with Crippen molar-refractivity contribution in [2.24, 2.45) is 5.92 Å². The van der Waals surface area contributed by atoms with Gasteiger partial charge in [-0.25, -0.2) is 0 Å². The van der Waals surface area contributed by atoms with E-state index in [1.807, 2.05) is 35.2 Å². The van der Waals surface area contributed by atoms with E-state index in [0.29, 0.717) is 13.1 Å². The lowest BCUT2D eigenvalue weighted by atomic mass is 9.97. The molecule has 1 N–H and O–H groups in total. The number of carbonyl (C=O) groups is 1. The first-order valence-electron chi connectivity index (χ1n) is 7.67.